The summed E-state index contributed by atoms with van der Waals surface area (Å²) >= 11 is 1.57. The second-order valence-corrected chi connectivity index (χ2v) is 6.29. The normalized spacial score (nSPS) is 17.9. The van der Waals surface area contributed by atoms with E-state index in [-0.39, 0.29) is 5.91 Å². The van der Waals surface area contributed by atoms with E-state index in [4.69, 9.17) is 0 Å². The lowest BCUT2D eigenvalue weighted by Crippen LogP contribution is -2.44. The zero-order chi connectivity index (χ0) is 13.0. The van der Waals surface area contributed by atoms with Crippen molar-refractivity contribution in [3.8, 4) is 0 Å². The van der Waals surface area contributed by atoms with Gasteiger partial charge in [0.2, 0.25) is 0 Å². The number of rotatable bonds is 4. The Hall–Kier alpha value is -0.870. The van der Waals surface area contributed by atoms with Crippen molar-refractivity contribution >= 4 is 17.2 Å². The zero-order valence-corrected chi connectivity index (χ0v) is 12.1. The van der Waals surface area contributed by atoms with E-state index >= 15 is 0 Å². The largest absolute Gasteiger partial charge is 0.349 e. The summed E-state index contributed by atoms with van der Waals surface area (Å²) in [7, 11) is 0. The molecule has 2 rings (SSSR count). The Bertz CT molecular complexity index is 394. The number of nitrogens with one attached hydrogen (secondary N) is 1. The SMILES string of the molecule is CCCN1CCC(NC(=O)c2ccc(C)s2)CC1. The molecule has 1 aromatic rings. The highest BCUT2D eigenvalue weighted by molar-refractivity contribution is 7.13. The fraction of sp³-hybridized carbons (Fsp3) is 0.643. The third-order valence-electron chi connectivity index (χ3n) is 3.43. The smallest absolute Gasteiger partial charge is 0.261 e. The van der Waals surface area contributed by atoms with E-state index < -0.39 is 0 Å². The predicted molar refractivity (Wildman–Crippen MR) is 76.3 cm³/mol. The summed E-state index contributed by atoms with van der Waals surface area (Å²) in [5.41, 5.74) is 0. The molecule has 2 heterocycles. The Labute approximate surface area is 113 Å². The summed E-state index contributed by atoms with van der Waals surface area (Å²) in [5.74, 6) is 0.0991. The van der Waals surface area contributed by atoms with Gasteiger partial charge in [0.15, 0.2) is 0 Å². The maximum absolute atomic E-state index is 12.0. The van der Waals surface area contributed by atoms with E-state index in [1.165, 1.54) is 17.8 Å². The van der Waals surface area contributed by atoms with Gasteiger partial charge in [0, 0.05) is 24.0 Å². The highest BCUT2D eigenvalue weighted by atomic mass is 32.1. The second kappa shape index (κ2) is 6.34. The highest BCUT2D eigenvalue weighted by Crippen LogP contribution is 2.16. The molecule has 1 N–H and O–H groups in total. The first-order valence-corrected chi connectivity index (χ1v) is 7.60. The van der Waals surface area contributed by atoms with E-state index in [0.29, 0.717) is 6.04 Å². The number of hydrogen-bond acceptors (Lipinski definition) is 3. The summed E-state index contributed by atoms with van der Waals surface area (Å²) in [4.78, 5) is 16.5. The summed E-state index contributed by atoms with van der Waals surface area (Å²) in [6.07, 6.45) is 3.37. The van der Waals surface area contributed by atoms with Gasteiger partial charge in [0.05, 0.1) is 4.88 Å². The second-order valence-electron chi connectivity index (χ2n) is 5.00. The number of amides is 1. The maximum Gasteiger partial charge on any atom is 0.261 e. The van der Waals surface area contributed by atoms with Gasteiger partial charge >= 0.3 is 0 Å². The number of carbonyl (C=O) groups excluding carboxylic acids is 1. The molecule has 1 aliphatic rings. The standard InChI is InChI=1S/C14H22N2OS/c1-3-8-16-9-6-12(7-10-16)15-14(17)13-5-4-11(2)18-13/h4-5,12H,3,6-10H2,1-2H3,(H,15,17). The van der Waals surface area contributed by atoms with Gasteiger partial charge in [-0.15, -0.1) is 11.3 Å². The van der Waals surface area contributed by atoms with Crippen LogP contribution in [0.4, 0.5) is 0 Å². The van der Waals surface area contributed by atoms with Crippen LogP contribution in [0.15, 0.2) is 12.1 Å². The van der Waals surface area contributed by atoms with Crippen molar-refractivity contribution in [3.05, 3.63) is 21.9 Å². The number of hydrogen-bond donors (Lipinski definition) is 1. The first kappa shape index (κ1) is 13.6. The maximum atomic E-state index is 12.0. The minimum absolute atomic E-state index is 0.0991. The van der Waals surface area contributed by atoms with Gasteiger partial charge in [0.1, 0.15) is 0 Å². The summed E-state index contributed by atoms with van der Waals surface area (Å²) in [6.45, 7) is 7.66. The van der Waals surface area contributed by atoms with Crippen LogP contribution in [0.1, 0.15) is 40.7 Å². The molecule has 3 nitrogen and oxygen atoms in total. The number of nitrogens with zero attached hydrogens (tertiary/aromatic N) is 1. The average Bonchev–Trinajstić information content (AvgIpc) is 2.79. The van der Waals surface area contributed by atoms with Crippen molar-refractivity contribution in [1.82, 2.24) is 10.2 Å². The van der Waals surface area contributed by atoms with Crippen molar-refractivity contribution in [2.75, 3.05) is 19.6 Å². The Morgan fingerprint density at radius 3 is 2.72 bits per heavy atom. The van der Waals surface area contributed by atoms with Crippen molar-refractivity contribution in [1.29, 1.82) is 0 Å². The molecule has 0 spiro atoms. The molecule has 18 heavy (non-hydrogen) atoms. The number of piperidine rings is 1. The Balaban J connectivity index is 1.79. The molecule has 0 aromatic carbocycles. The number of likely N-dealkylation sites (tertiary alicyclic amines) is 1. The van der Waals surface area contributed by atoms with Gasteiger partial charge in [-0.3, -0.25) is 4.79 Å². The summed E-state index contributed by atoms with van der Waals surface area (Å²) < 4.78 is 0. The summed E-state index contributed by atoms with van der Waals surface area (Å²) in [6, 6.07) is 4.28. The molecule has 1 saturated heterocycles. The molecule has 0 atom stereocenters. The van der Waals surface area contributed by atoms with E-state index in [0.717, 1.165) is 30.8 Å². The quantitative estimate of drug-likeness (QED) is 0.908. The minimum atomic E-state index is 0.0991. The van der Waals surface area contributed by atoms with Gasteiger partial charge in [-0.2, -0.15) is 0 Å². The molecule has 1 amide bonds. The van der Waals surface area contributed by atoms with Gasteiger partial charge in [-0.1, -0.05) is 6.92 Å². The predicted octanol–water partition coefficient (Wildman–Crippen LogP) is 2.66. The van der Waals surface area contributed by atoms with Crippen LogP contribution in [0.5, 0.6) is 0 Å². The summed E-state index contributed by atoms with van der Waals surface area (Å²) in [5, 5.41) is 3.16. The third kappa shape index (κ3) is 3.56. The molecule has 0 unspecified atom stereocenters. The molecule has 0 saturated carbocycles. The molecule has 4 heteroatoms. The lowest BCUT2D eigenvalue weighted by Gasteiger charge is -2.31. The van der Waals surface area contributed by atoms with E-state index in [1.807, 2.05) is 19.1 Å². The fourth-order valence-electron chi connectivity index (χ4n) is 2.43. The fourth-order valence-corrected chi connectivity index (χ4v) is 3.20. The lowest BCUT2D eigenvalue weighted by atomic mass is 10.0. The minimum Gasteiger partial charge on any atom is -0.349 e. The van der Waals surface area contributed by atoms with Crippen molar-refractivity contribution in [2.24, 2.45) is 0 Å². The van der Waals surface area contributed by atoms with Crippen LogP contribution in [0.2, 0.25) is 0 Å². The third-order valence-corrected chi connectivity index (χ3v) is 4.43. The van der Waals surface area contributed by atoms with Crippen LogP contribution in [-0.4, -0.2) is 36.5 Å². The first-order chi connectivity index (χ1) is 8.69. The van der Waals surface area contributed by atoms with Crippen molar-refractivity contribution < 1.29 is 4.79 Å². The van der Waals surface area contributed by atoms with Crippen LogP contribution >= 0.6 is 11.3 Å². The highest BCUT2D eigenvalue weighted by Gasteiger charge is 2.20. The monoisotopic (exact) mass is 266 g/mol. The molecule has 100 valence electrons. The molecule has 0 radical (unpaired) electrons. The van der Waals surface area contributed by atoms with Crippen LogP contribution in [-0.2, 0) is 0 Å². The van der Waals surface area contributed by atoms with Crippen molar-refractivity contribution in [3.63, 3.8) is 0 Å². The van der Waals surface area contributed by atoms with Crippen LogP contribution in [0, 0.1) is 6.92 Å². The van der Waals surface area contributed by atoms with E-state index in [2.05, 4.69) is 17.1 Å². The molecule has 0 bridgehead atoms. The average molecular weight is 266 g/mol. The van der Waals surface area contributed by atoms with Gasteiger partial charge in [0.25, 0.3) is 5.91 Å². The molecule has 0 aliphatic carbocycles. The van der Waals surface area contributed by atoms with Crippen LogP contribution in [0.25, 0.3) is 0 Å². The molecular formula is C14H22N2OS. The van der Waals surface area contributed by atoms with Gasteiger partial charge in [-0.05, 0) is 44.9 Å². The lowest BCUT2D eigenvalue weighted by molar-refractivity contribution is 0.0915. The number of aryl methyl sites for hydroxylation is 1. The van der Waals surface area contributed by atoms with Crippen molar-refractivity contribution in [2.45, 2.75) is 39.2 Å². The Morgan fingerprint density at radius 2 is 2.17 bits per heavy atom. The molecular weight excluding hydrogens is 244 g/mol. The first-order valence-electron chi connectivity index (χ1n) is 6.78. The molecule has 1 fully saturated rings. The van der Waals surface area contributed by atoms with Gasteiger partial charge < -0.3 is 10.2 Å². The number of carbonyl (C=O) groups is 1. The zero-order valence-electron chi connectivity index (χ0n) is 11.2. The van der Waals surface area contributed by atoms with Gasteiger partial charge in [-0.25, -0.2) is 0 Å². The Kier molecular flexibility index (Phi) is 4.78. The topological polar surface area (TPSA) is 32.3 Å². The van der Waals surface area contributed by atoms with E-state index in [1.54, 1.807) is 11.3 Å². The van der Waals surface area contributed by atoms with Crippen LogP contribution in [0.3, 0.4) is 0 Å². The molecule has 1 aromatic heterocycles. The number of thiophene rings is 1. The van der Waals surface area contributed by atoms with Crippen LogP contribution < -0.4 is 5.32 Å². The molecule has 1 aliphatic heterocycles. The van der Waals surface area contributed by atoms with E-state index in [9.17, 15) is 4.79 Å². The Morgan fingerprint density at radius 1 is 1.44 bits per heavy atom.